The van der Waals surface area contributed by atoms with Crippen molar-refractivity contribution in [3.8, 4) is 5.88 Å². The molecule has 0 unspecified atom stereocenters. The molecule has 6 heteroatoms. The van der Waals surface area contributed by atoms with Crippen LogP contribution >= 0.6 is 0 Å². The largest absolute Gasteiger partial charge is 0.478 e. The molecule has 0 spiro atoms. The first kappa shape index (κ1) is 12.9. The van der Waals surface area contributed by atoms with Gasteiger partial charge in [-0.2, -0.15) is 0 Å². The van der Waals surface area contributed by atoms with Crippen molar-refractivity contribution in [2.75, 3.05) is 25.1 Å². The molecule has 1 aliphatic heterocycles. The molecule has 0 radical (unpaired) electrons. The van der Waals surface area contributed by atoms with Gasteiger partial charge in [0, 0.05) is 44.4 Å². The van der Waals surface area contributed by atoms with Crippen LogP contribution in [0.5, 0.6) is 5.88 Å². The second-order valence-electron chi connectivity index (χ2n) is 5.10. The Morgan fingerprint density at radius 1 is 1.30 bits per heavy atom. The topological polar surface area (TPSA) is 56.1 Å². The summed E-state index contributed by atoms with van der Waals surface area (Å²) in [6.45, 7) is 2.99. The molecule has 0 aromatic carbocycles. The Kier molecular flexibility index (Phi) is 3.80. The summed E-state index contributed by atoms with van der Waals surface area (Å²) in [5, 5.41) is 0. The van der Waals surface area contributed by atoms with Crippen molar-refractivity contribution in [2.24, 2.45) is 5.92 Å². The molecule has 0 N–H and O–H groups in total. The van der Waals surface area contributed by atoms with Crippen LogP contribution in [0.1, 0.15) is 12.8 Å². The Bertz CT molecular complexity index is 542. The van der Waals surface area contributed by atoms with Crippen molar-refractivity contribution in [3.05, 3.63) is 31.1 Å². The van der Waals surface area contributed by atoms with E-state index < -0.39 is 0 Å². The second-order valence-corrected chi connectivity index (χ2v) is 5.10. The maximum Gasteiger partial charge on any atom is 0.257 e. The average molecular weight is 273 g/mol. The summed E-state index contributed by atoms with van der Waals surface area (Å²) >= 11 is 0. The van der Waals surface area contributed by atoms with Gasteiger partial charge in [0.1, 0.15) is 0 Å². The van der Waals surface area contributed by atoms with E-state index >= 15 is 0 Å². The molecule has 3 rings (SSSR count). The van der Waals surface area contributed by atoms with Crippen LogP contribution in [0.3, 0.4) is 0 Å². The SMILES string of the molecule is COc1nccnc1N1CCC[C@H](Cn2ccnc2)C1. The lowest BCUT2D eigenvalue weighted by molar-refractivity contribution is 0.356. The van der Waals surface area contributed by atoms with E-state index in [-0.39, 0.29) is 0 Å². The molecular formula is C14H19N5O. The van der Waals surface area contributed by atoms with E-state index in [1.165, 1.54) is 12.8 Å². The highest BCUT2D eigenvalue weighted by atomic mass is 16.5. The molecule has 1 saturated heterocycles. The van der Waals surface area contributed by atoms with Crippen LogP contribution in [-0.4, -0.2) is 39.7 Å². The number of hydrogen-bond acceptors (Lipinski definition) is 5. The number of hydrogen-bond donors (Lipinski definition) is 0. The Morgan fingerprint density at radius 3 is 3.00 bits per heavy atom. The van der Waals surface area contributed by atoms with Gasteiger partial charge in [-0.1, -0.05) is 0 Å². The van der Waals surface area contributed by atoms with Crippen LogP contribution in [0.25, 0.3) is 0 Å². The fraction of sp³-hybridized carbons (Fsp3) is 0.500. The lowest BCUT2D eigenvalue weighted by Gasteiger charge is -2.33. The van der Waals surface area contributed by atoms with Crippen LogP contribution in [-0.2, 0) is 6.54 Å². The fourth-order valence-electron chi connectivity index (χ4n) is 2.78. The molecule has 2 aromatic heterocycles. The normalized spacial score (nSPS) is 19.1. The molecule has 3 heterocycles. The number of methoxy groups -OCH3 is 1. The molecule has 20 heavy (non-hydrogen) atoms. The Labute approximate surface area is 118 Å². The number of rotatable bonds is 4. The second kappa shape index (κ2) is 5.90. The van der Waals surface area contributed by atoms with E-state index in [2.05, 4.69) is 24.4 Å². The van der Waals surface area contributed by atoms with Gasteiger partial charge in [0.25, 0.3) is 5.88 Å². The van der Waals surface area contributed by atoms with Crippen molar-refractivity contribution < 1.29 is 4.74 Å². The number of anilines is 1. The summed E-state index contributed by atoms with van der Waals surface area (Å²) in [7, 11) is 1.64. The van der Waals surface area contributed by atoms with E-state index in [0.29, 0.717) is 11.8 Å². The third kappa shape index (κ3) is 2.74. The van der Waals surface area contributed by atoms with Crippen molar-refractivity contribution in [1.29, 1.82) is 0 Å². The predicted octanol–water partition coefficient (Wildman–Crippen LogP) is 1.60. The maximum atomic E-state index is 5.31. The molecule has 0 aliphatic carbocycles. The van der Waals surface area contributed by atoms with Gasteiger partial charge >= 0.3 is 0 Å². The smallest absolute Gasteiger partial charge is 0.257 e. The zero-order valence-electron chi connectivity index (χ0n) is 11.6. The third-order valence-electron chi connectivity index (χ3n) is 3.69. The molecule has 0 saturated carbocycles. The summed E-state index contributed by atoms with van der Waals surface area (Å²) in [6.07, 6.45) is 11.5. The van der Waals surface area contributed by atoms with Gasteiger partial charge in [0.15, 0.2) is 5.82 Å². The summed E-state index contributed by atoms with van der Waals surface area (Å²) in [4.78, 5) is 15.0. The molecule has 1 fully saturated rings. The lowest BCUT2D eigenvalue weighted by Crippen LogP contribution is -2.37. The fourth-order valence-corrected chi connectivity index (χ4v) is 2.78. The highest BCUT2D eigenvalue weighted by Gasteiger charge is 2.23. The molecular weight excluding hydrogens is 254 g/mol. The maximum absolute atomic E-state index is 5.31. The number of aromatic nitrogens is 4. The number of imidazole rings is 1. The lowest BCUT2D eigenvalue weighted by atomic mass is 9.98. The molecule has 106 valence electrons. The van der Waals surface area contributed by atoms with Gasteiger partial charge in [-0.15, -0.1) is 0 Å². The van der Waals surface area contributed by atoms with Gasteiger partial charge in [-0.3, -0.25) is 0 Å². The van der Waals surface area contributed by atoms with Gasteiger partial charge < -0.3 is 14.2 Å². The first-order chi connectivity index (χ1) is 9.86. The number of piperidine rings is 1. The van der Waals surface area contributed by atoms with Gasteiger partial charge in [-0.25, -0.2) is 15.0 Å². The Morgan fingerprint density at radius 2 is 2.20 bits per heavy atom. The standard InChI is InChI=1S/C14H19N5O/c1-20-14-13(16-4-5-17-14)19-7-2-3-12(10-19)9-18-8-6-15-11-18/h4-6,8,11-12H,2-3,7,9-10H2,1H3/t12-/m1/s1. The van der Waals surface area contributed by atoms with Gasteiger partial charge in [-0.05, 0) is 18.8 Å². The van der Waals surface area contributed by atoms with Crippen molar-refractivity contribution in [3.63, 3.8) is 0 Å². The Hall–Kier alpha value is -2.11. The van der Waals surface area contributed by atoms with Gasteiger partial charge in [0.2, 0.25) is 0 Å². The quantitative estimate of drug-likeness (QED) is 0.847. The van der Waals surface area contributed by atoms with Crippen molar-refractivity contribution in [2.45, 2.75) is 19.4 Å². The van der Waals surface area contributed by atoms with Crippen molar-refractivity contribution >= 4 is 5.82 Å². The van der Waals surface area contributed by atoms with E-state index in [1.807, 2.05) is 18.7 Å². The third-order valence-corrected chi connectivity index (χ3v) is 3.69. The summed E-state index contributed by atoms with van der Waals surface area (Å²) in [6, 6.07) is 0. The monoisotopic (exact) mass is 273 g/mol. The van der Waals surface area contributed by atoms with E-state index in [1.54, 1.807) is 19.5 Å². The molecule has 1 atom stereocenters. The zero-order chi connectivity index (χ0) is 13.8. The van der Waals surface area contributed by atoms with E-state index in [0.717, 1.165) is 25.5 Å². The molecule has 2 aromatic rings. The number of nitrogens with zero attached hydrogens (tertiary/aromatic N) is 5. The molecule has 6 nitrogen and oxygen atoms in total. The highest BCUT2D eigenvalue weighted by molar-refractivity contribution is 5.48. The summed E-state index contributed by atoms with van der Waals surface area (Å²) < 4.78 is 7.45. The van der Waals surface area contributed by atoms with E-state index in [9.17, 15) is 0 Å². The Balaban J connectivity index is 1.71. The van der Waals surface area contributed by atoms with Gasteiger partial charge in [0.05, 0.1) is 13.4 Å². The minimum Gasteiger partial charge on any atom is -0.478 e. The summed E-state index contributed by atoms with van der Waals surface area (Å²) in [5.41, 5.74) is 0. The van der Waals surface area contributed by atoms with Crippen LogP contribution in [0, 0.1) is 5.92 Å². The highest BCUT2D eigenvalue weighted by Crippen LogP contribution is 2.27. The summed E-state index contributed by atoms with van der Waals surface area (Å²) in [5.74, 6) is 2.06. The van der Waals surface area contributed by atoms with Crippen LogP contribution in [0.15, 0.2) is 31.1 Å². The van der Waals surface area contributed by atoms with Crippen LogP contribution in [0.4, 0.5) is 5.82 Å². The van der Waals surface area contributed by atoms with E-state index in [4.69, 9.17) is 4.74 Å². The zero-order valence-corrected chi connectivity index (χ0v) is 11.6. The first-order valence-electron chi connectivity index (χ1n) is 6.92. The predicted molar refractivity (Wildman–Crippen MR) is 75.7 cm³/mol. The average Bonchev–Trinajstić information content (AvgIpc) is 3.00. The van der Waals surface area contributed by atoms with Crippen molar-refractivity contribution in [1.82, 2.24) is 19.5 Å². The number of ether oxygens (including phenoxy) is 1. The molecule has 0 bridgehead atoms. The molecule has 1 aliphatic rings. The van der Waals surface area contributed by atoms with Crippen LogP contribution in [0.2, 0.25) is 0 Å². The molecule has 0 amide bonds. The first-order valence-corrected chi connectivity index (χ1v) is 6.92. The van der Waals surface area contributed by atoms with Crippen LogP contribution < -0.4 is 9.64 Å². The minimum absolute atomic E-state index is 0.602. The minimum atomic E-state index is 0.602.